The summed E-state index contributed by atoms with van der Waals surface area (Å²) in [6.07, 6.45) is 0.938. The molecule has 6 nitrogen and oxygen atoms in total. The molecule has 0 aromatic heterocycles. The Bertz CT molecular complexity index is 933. The Morgan fingerprint density at radius 3 is 2.69 bits per heavy atom. The first-order chi connectivity index (χ1) is 12.5. The number of hydrogen-bond donors (Lipinski definition) is 2. The van der Waals surface area contributed by atoms with Crippen molar-refractivity contribution in [2.45, 2.75) is 17.4 Å². The number of ether oxygens (including phenoxy) is 2. The van der Waals surface area contributed by atoms with E-state index in [9.17, 15) is 8.42 Å². The molecule has 2 aliphatic heterocycles. The molecule has 0 radical (unpaired) electrons. The zero-order valence-corrected chi connectivity index (χ0v) is 15.6. The number of hydrogen-bond acceptors (Lipinski definition) is 5. The summed E-state index contributed by atoms with van der Waals surface area (Å²) in [5.41, 5.74) is 2.36. The van der Waals surface area contributed by atoms with E-state index in [0.29, 0.717) is 24.7 Å². The van der Waals surface area contributed by atoms with Gasteiger partial charge in [-0.3, -0.25) is 0 Å². The normalized spacial score (nSPS) is 19.0. The largest absolute Gasteiger partial charge is 0.486 e. The average Bonchev–Trinajstić information content (AvgIpc) is 2.65. The van der Waals surface area contributed by atoms with Crippen molar-refractivity contribution in [2.75, 3.05) is 26.3 Å². The lowest BCUT2D eigenvalue weighted by Crippen LogP contribution is -2.38. The van der Waals surface area contributed by atoms with E-state index in [1.54, 1.807) is 0 Å². The predicted molar refractivity (Wildman–Crippen MR) is 98.5 cm³/mol. The van der Waals surface area contributed by atoms with Crippen LogP contribution >= 0.6 is 11.6 Å². The molecule has 1 atom stereocenters. The lowest BCUT2D eigenvalue weighted by Gasteiger charge is -2.27. The number of sulfonamides is 1. The highest BCUT2D eigenvalue weighted by Crippen LogP contribution is 2.37. The predicted octanol–water partition coefficient (Wildman–Crippen LogP) is 2.28. The topological polar surface area (TPSA) is 76.7 Å². The molecule has 0 saturated carbocycles. The zero-order chi connectivity index (χ0) is 18.1. The van der Waals surface area contributed by atoms with E-state index in [1.165, 1.54) is 17.7 Å². The van der Waals surface area contributed by atoms with Gasteiger partial charge in [-0.15, -0.1) is 0 Å². The highest BCUT2D eigenvalue weighted by molar-refractivity contribution is 7.89. The van der Waals surface area contributed by atoms with E-state index in [-0.39, 0.29) is 22.5 Å². The van der Waals surface area contributed by atoms with Crippen LogP contribution in [0.3, 0.4) is 0 Å². The van der Waals surface area contributed by atoms with Crippen LogP contribution in [0.4, 0.5) is 0 Å². The van der Waals surface area contributed by atoms with Crippen LogP contribution in [0.15, 0.2) is 41.3 Å². The minimum Gasteiger partial charge on any atom is -0.486 e. The van der Waals surface area contributed by atoms with Crippen molar-refractivity contribution in [3.05, 3.63) is 52.5 Å². The van der Waals surface area contributed by atoms with E-state index >= 15 is 0 Å². The van der Waals surface area contributed by atoms with Gasteiger partial charge in [0.25, 0.3) is 0 Å². The van der Waals surface area contributed by atoms with Gasteiger partial charge in [0.1, 0.15) is 18.1 Å². The van der Waals surface area contributed by atoms with Crippen molar-refractivity contribution in [3.8, 4) is 11.5 Å². The Kier molecular flexibility index (Phi) is 4.79. The number of fused-ring (bicyclic) bond motifs is 2. The molecule has 0 aliphatic carbocycles. The third kappa shape index (κ3) is 3.40. The summed E-state index contributed by atoms with van der Waals surface area (Å²) in [6.45, 7) is 1.85. The maximum Gasteiger partial charge on any atom is 0.242 e. The van der Waals surface area contributed by atoms with Crippen LogP contribution in [-0.2, 0) is 16.4 Å². The zero-order valence-electron chi connectivity index (χ0n) is 14.0. The smallest absolute Gasteiger partial charge is 0.242 e. The van der Waals surface area contributed by atoms with Crippen molar-refractivity contribution in [2.24, 2.45) is 0 Å². The fraction of sp³-hybridized carbons (Fsp3) is 0.333. The molecule has 2 heterocycles. The Morgan fingerprint density at radius 2 is 1.88 bits per heavy atom. The Hall–Kier alpha value is -1.80. The highest BCUT2D eigenvalue weighted by Gasteiger charge is 2.26. The van der Waals surface area contributed by atoms with Crippen molar-refractivity contribution in [1.82, 2.24) is 10.0 Å². The summed E-state index contributed by atoms with van der Waals surface area (Å²) in [6, 6.07) is 10.9. The molecule has 2 aliphatic rings. The number of benzene rings is 2. The molecule has 26 heavy (non-hydrogen) atoms. The van der Waals surface area contributed by atoms with Gasteiger partial charge in [0.15, 0.2) is 11.5 Å². The molecule has 1 unspecified atom stereocenters. The summed E-state index contributed by atoms with van der Waals surface area (Å²) < 4.78 is 39.1. The first kappa shape index (κ1) is 17.6. The molecule has 2 N–H and O–H groups in total. The molecular weight excluding hydrogens is 376 g/mol. The van der Waals surface area contributed by atoms with E-state index < -0.39 is 10.0 Å². The second kappa shape index (κ2) is 7.08. The molecule has 4 rings (SSSR count). The first-order valence-electron chi connectivity index (χ1n) is 8.44. The van der Waals surface area contributed by atoms with Crippen LogP contribution in [0.1, 0.15) is 17.2 Å². The van der Waals surface area contributed by atoms with E-state index in [1.807, 2.05) is 18.2 Å². The van der Waals surface area contributed by atoms with Crippen LogP contribution in [0.5, 0.6) is 11.5 Å². The van der Waals surface area contributed by atoms with Crippen molar-refractivity contribution in [1.29, 1.82) is 0 Å². The minimum absolute atomic E-state index is 0.00693. The molecule has 2 aromatic carbocycles. The van der Waals surface area contributed by atoms with Gasteiger partial charge in [-0.2, -0.15) is 0 Å². The molecule has 2 aromatic rings. The summed E-state index contributed by atoms with van der Waals surface area (Å²) in [5.74, 6) is 0.852. The monoisotopic (exact) mass is 394 g/mol. The molecule has 8 heteroatoms. The molecule has 138 valence electrons. The maximum absolute atomic E-state index is 12.8. The van der Waals surface area contributed by atoms with Crippen LogP contribution in [-0.4, -0.2) is 34.7 Å². The first-order valence-corrected chi connectivity index (χ1v) is 10.3. The average molecular weight is 395 g/mol. The fourth-order valence-corrected chi connectivity index (χ4v) is 4.87. The van der Waals surface area contributed by atoms with Gasteiger partial charge in [-0.05, 0) is 24.1 Å². The van der Waals surface area contributed by atoms with Gasteiger partial charge in [-0.25, -0.2) is 13.1 Å². The third-order valence-electron chi connectivity index (χ3n) is 4.58. The quantitative estimate of drug-likeness (QED) is 0.832. The summed E-state index contributed by atoms with van der Waals surface area (Å²) in [7, 11) is -3.78. The Labute approximate surface area is 157 Å². The van der Waals surface area contributed by atoms with Crippen LogP contribution in [0.25, 0.3) is 0 Å². The molecule has 0 saturated heterocycles. The summed E-state index contributed by atoms with van der Waals surface area (Å²) in [5, 5.41) is 3.47. The molecule has 0 amide bonds. The van der Waals surface area contributed by atoms with Crippen molar-refractivity contribution < 1.29 is 17.9 Å². The summed E-state index contributed by atoms with van der Waals surface area (Å²) in [4.78, 5) is -0.00693. The third-order valence-corrected chi connectivity index (χ3v) is 6.47. The van der Waals surface area contributed by atoms with E-state index in [0.717, 1.165) is 18.5 Å². The van der Waals surface area contributed by atoms with Crippen LogP contribution in [0, 0.1) is 0 Å². The summed E-state index contributed by atoms with van der Waals surface area (Å²) >= 11 is 6.18. The van der Waals surface area contributed by atoms with Crippen LogP contribution < -0.4 is 19.5 Å². The van der Waals surface area contributed by atoms with Crippen molar-refractivity contribution in [3.63, 3.8) is 0 Å². The van der Waals surface area contributed by atoms with Gasteiger partial charge in [0.05, 0.1) is 5.02 Å². The molecular formula is C18H19ClN2O4S. The minimum atomic E-state index is -3.78. The van der Waals surface area contributed by atoms with E-state index in [4.69, 9.17) is 21.1 Å². The van der Waals surface area contributed by atoms with Gasteiger partial charge in [0, 0.05) is 24.7 Å². The SMILES string of the molecule is O=S(=O)(NCC1NCCc2ccccc21)c1cc2c(cc1Cl)OCCO2. The Morgan fingerprint density at radius 1 is 1.15 bits per heavy atom. The highest BCUT2D eigenvalue weighted by atomic mass is 35.5. The number of nitrogens with one attached hydrogen (secondary N) is 2. The van der Waals surface area contributed by atoms with E-state index in [2.05, 4.69) is 16.1 Å². The second-order valence-electron chi connectivity index (χ2n) is 6.23. The maximum atomic E-state index is 12.8. The van der Waals surface area contributed by atoms with Gasteiger partial charge in [-0.1, -0.05) is 35.9 Å². The van der Waals surface area contributed by atoms with Crippen LogP contribution in [0.2, 0.25) is 5.02 Å². The van der Waals surface area contributed by atoms with Gasteiger partial charge < -0.3 is 14.8 Å². The number of rotatable bonds is 4. The molecule has 0 fully saturated rings. The van der Waals surface area contributed by atoms with Gasteiger partial charge >= 0.3 is 0 Å². The van der Waals surface area contributed by atoms with Gasteiger partial charge in [0.2, 0.25) is 10.0 Å². The fourth-order valence-electron chi connectivity index (χ4n) is 3.30. The second-order valence-corrected chi connectivity index (χ2v) is 8.38. The number of halogens is 1. The lowest BCUT2D eigenvalue weighted by atomic mass is 9.95. The Balaban J connectivity index is 1.55. The standard InChI is InChI=1S/C18H19ClN2O4S/c19-14-9-16-17(25-8-7-24-16)10-18(14)26(22,23)21-11-15-13-4-2-1-3-12(13)5-6-20-15/h1-4,9-10,15,20-21H,5-8,11H2. The molecule has 0 bridgehead atoms. The lowest BCUT2D eigenvalue weighted by molar-refractivity contribution is 0.171. The molecule has 0 spiro atoms. The van der Waals surface area contributed by atoms with Crippen molar-refractivity contribution >= 4 is 21.6 Å².